The predicted octanol–water partition coefficient (Wildman–Crippen LogP) is 3.38. The molecule has 2 atom stereocenters. The minimum atomic E-state index is -0.0181. The first-order chi connectivity index (χ1) is 8.01. The highest BCUT2D eigenvalue weighted by atomic mass is 16.2. The van der Waals surface area contributed by atoms with Crippen LogP contribution in [0.25, 0.3) is 0 Å². The van der Waals surface area contributed by atoms with E-state index in [2.05, 4.69) is 18.6 Å². The Kier molecular flexibility index (Phi) is 4.67. The molecule has 0 radical (unpaired) electrons. The molecule has 2 unspecified atom stereocenters. The van der Waals surface area contributed by atoms with Crippen LogP contribution in [0.15, 0.2) is 18.7 Å². The minimum Gasteiger partial charge on any atom is -0.272 e. The van der Waals surface area contributed by atoms with Crippen molar-refractivity contribution in [1.82, 2.24) is 9.78 Å². The lowest BCUT2D eigenvalue weighted by molar-refractivity contribution is 0.0777. The number of hydrogen-bond acceptors (Lipinski definition) is 2. The lowest BCUT2D eigenvalue weighted by Gasteiger charge is -2.19. The lowest BCUT2D eigenvalue weighted by Crippen LogP contribution is -2.28. The summed E-state index contributed by atoms with van der Waals surface area (Å²) in [6.07, 6.45) is 3.72. The van der Waals surface area contributed by atoms with Crippen molar-refractivity contribution in [2.75, 3.05) is 0 Å². The van der Waals surface area contributed by atoms with Gasteiger partial charge in [-0.05, 0) is 32.3 Å². The monoisotopic (exact) mass is 234 g/mol. The first kappa shape index (κ1) is 13.7. The number of hydrogen-bond donors (Lipinski definition) is 0. The van der Waals surface area contributed by atoms with E-state index in [-0.39, 0.29) is 17.7 Å². The van der Waals surface area contributed by atoms with Crippen molar-refractivity contribution in [3.63, 3.8) is 0 Å². The van der Waals surface area contributed by atoms with E-state index in [0.29, 0.717) is 0 Å². The molecule has 0 saturated heterocycles. The fourth-order valence-electron chi connectivity index (χ4n) is 2.10. The zero-order valence-electron chi connectivity index (χ0n) is 11.2. The van der Waals surface area contributed by atoms with Gasteiger partial charge >= 0.3 is 0 Å². The molecule has 3 nitrogen and oxygen atoms in total. The zero-order chi connectivity index (χ0) is 13.0. The highest BCUT2D eigenvalue weighted by Crippen LogP contribution is 2.21. The summed E-state index contributed by atoms with van der Waals surface area (Å²) in [6, 6.07) is 1.93. The summed E-state index contributed by atoms with van der Waals surface area (Å²) < 4.78 is 1.54. The van der Waals surface area contributed by atoms with Crippen LogP contribution in [0.2, 0.25) is 0 Å². The second kappa shape index (κ2) is 5.80. The summed E-state index contributed by atoms with van der Waals surface area (Å²) in [5.41, 5.74) is 1.79. The van der Waals surface area contributed by atoms with Crippen molar-refractivity contribution in [1.29, 1.82) is 0 Å². The van der Waals surface area contributed by atoms with Gasteiger partial charge < -0.3 is 0 Å². The van der Waals surface area contributed by atoms with E-state index in [0.717, 1.165) is 24.2 Å². The predicted molar refractivity (Wildman–Crippen MR) is 70.1 cm³/mol. The van der Waals surface area contributed by atoms with Gasteiger partial charge in [-0.25, -0.2) is 4.68 Å². The third kappa shape index (κ3) is 3.05. The Balaban J connectivity index is 2.99. The van der Waals surface area contributed by atoms with Gasteiger partial charge in [0.15, 0.2) is 0 Å². The van der Waals surface area contributed by atoms with E-state index in [4.69, 9.17) is 0 Å². The molecule has 0 spiro atoms. The molecule has 3 heteroatoms. The van der Waals surface area contributed by atoms with Crippen molar-refractivity contribution in [3.8, 4) is 0 Å². The molecule has 0 aliphatic carbocycles. The average molecular weight is 234 g/mol. The first-order valence-corrected chi connectivity index (χ1v) is 6.21. The van der Waals surface area contributed by atoms with Gasteiger partial charge in [0.2, 0.25) is 0 Å². The number of allylic oxidation sites excluding steroid dienone is 1. The third-order valence-corrected chi connectivity index (χ3v) is 3.14. The van der Waals surface area contributed by atoms with Crippen LogP contribution in [0.5, 0.6) is 0 Å². The van der Waals surface area contributed by atoms with Crippen molar-refractivity contribution < 1.29 is 4.79 Å². The van der Waals surface area contributed by atoms with Crippen molar-refractivity contribution in [2.45, 2.75) is 40.5 Å². The molecule has 0 fully saturated rings. The van der Waals surface area contributed by atoms with Crippen LogP contribution < -0.4 is 0 Å². The van der Waals surface area contributed by atoms with E-state index in [1.54, 1.807) is 0 Å². The zero-order valence-corrected chi connectivity index (χ0v) is 11.2. The maximum atomic E-state index is 12.4. The van der Waals surface area contributed by atoms with Gasteiger partial charge in [0.05, 0.1) is 5.69 Å². The molecular weight excluding hydrogens is 212 g/mol. The maximum Gasteiger partial charge on any atom is 0.250 e. The molecule has 0 N–H and O–H groups in total. The molecule has 1 rings (SSSR count). The highest BCUT2D eigenvalue weighted by Gasteiger charge is 2.25. The number of rotatable bonds is 5. The summed E-state index contributed by atoms with van der Waals surface area (Å²) in [7, 11) is 0. The van der Waals surface area contributed by atoms with Crippen LogP contribution in [-0.2, 0) is 0 Å². The van der Waals surface area contributed by atoms with Crippen LogP contribution >= 0.6 is 0 Å². The molecule has 0 aliphatic heterocycles. The highest BCUT2D eigenvalue weighted by molar-refractivity contribution is 5.81. The van der Waals surface area contributed by atoms with Crippen LogP contribution in [0, 0.1) is 25.7 Å². The number of carbonyl (C=O) groups is 1. The normalized spacial score (nSPS) is 14.4. The molecule has 0 bridgehead atoms. The molecule has 0 amide bonds. The summed E-state index contributed by atoms with van der Waals surface area (Å²) in [6.45, 7) is 11.7. The van der Waals surface area contributed by atoms with Gasteiger partial charge in [-0.2, -0.15) is 5.10 Å². The molecule has 0 saturated carbocycles. The standard InChI is InChI=1S/C14H22N2O/c1-6-8-13(10(3)7-2)14(17)16-12(5)9-11(4)15-16/h7,9-10,13H,2,6,8H2,1,3-5H3. The quantitative estimate of drug-likeness (QED) is 0.732. The number of aromatic nitrogens is 2. The molecule has 0 aromatic carbocycles. The van der Waals surface area contributed by atoms with Crippen molar-refractivity contribution in [3.05, 3.63) is 30.1 Å². The summed E-state index contributed by atoms with van der Waals surface area (Å²) in [4.78, 5) is 12.4. The van der Waals surface area contributed by atoms with Crippen LogP contribution in [0.4, 0.5) is 0 Å². The molecular formula is C14H22N2O. The van der Waals surface area contributed by atoms with Crippen LogP contribution in [0.1, 0.15) is 42.9 Å². The lowest BCUT2D eigenvalue weighted by atomic mass is 9.89. The van der Waals surface area contributed by atoms with E-state index < -0.39 is 0 Å². The van der Waals surface area contributed by atoms with Gasteiger partial charge in [0.25, 0.3) is 5.91 Å². The van der Waals surface area contributed by atoms with Gasteiger partial charge in [0.1, 0.15) is 0 Å². The van der Waals surface area contributed by atoms with Crippen molar-refractivity contribution >= 4 is 5.91 Å². The van der Waals surface area contributed by atoms with Crippen molar-refractivity contribution in [2.24, 2.45) is 11.8 Å². The van der Waals surface area contributed by atoms with Gasteiger partial charge in [0, 0.05) is 11.6 Å². The Morgan fingerprint density at radius 3 is 2.65 bits per heavy atom. The Hall–Kier alpha value is -1.38. The fraction of sp³-hybridized carbons (Fsp3) is 0.571. The Morgan fingerprint density at radius 1 is 1.59 bits per heavy atom. The first-order valence-electron chi connectivity index (χ1n) is 6.21. The van der Waals surface area contributed by atoms with Gasteiger partial charge in [-0.3, -0.25) is 4.79 Å². The molecule has 94 valence electrons. The van der Waals surface area contributed by atoms with Gasteiger partial charge in [-0.1, -0.05) is 26.3 Å². The number of carbonyl (C=O) groups excluding carboxylic acids is 1. The largest absolute Gasteiger partial charge is 0.272 e. The SMILES string of the molecule is C=CC(C)C(CCC)C(=O)n1nc(C)cc1C. The topological polar surface area (TPSA) is 34.9 Å². The Labute approximate surface area is 104 Å². The van der Waals surface area contributed by atoms with E-state index in [1.807, 2.05) is 32.9 Å². The fourth-order valence-corrected chi connectivity index (χ4v) is 2.10. The third-order valence-electron chi connectivity index (χ3n) is 3.14. The number of aryl methyl sites for hydroxylation is 2. The second-order valence-electron chi connectivity index (χ2n) is 4.67. The molecule has 17 heavy (non-hydrogen) atoms. The summed E-state index contributed by atoms with van der Waals surface area (Å²) >= 11 is 0. The minimum absolute atomic E-state index is 0.0181. The molecule has 1 aromatic rings. The van der Waals surface area contributed by atoms with E-state index >= 15 is 0 Å². The molecule has 1 aromatic heterocycles. The smallest absolute Gasteiger partial charge is 0.250 e. The van der Waals surface area contributed by atoms with Gasteiger partial charge in [-0.15, -0.1) is 6.58 Å². The second-order valence-corrected chi connectivity index (χ2v) is 4.67. The van der Waals surface area contributed by atoms with E-state index in [1.165, 1.54) is 4.68 Å². The van der Waals surface area contributed by atoms with Crippen LogP contribution in [-0.4, -0.2) is 15.7 Å². The maximum absolute atomic E-state index is 12.4. The Morgan fingerprint density at radius 2 is 2.24 bits per heavy atom. The average Bonchev–Trinajstić information content (AvgIpc) is 2.63. The number of nitrogens with zero attached hydrogens (tertiary/aromatic N) is 2. The van der Waals surface area contributed by atoms with E-state index in [9.17, 15) is 4.79 Å². The molecule has 0 aliphatic rings. The van der Waals surface area contributed by atoms with Crippen LogP contribution in [0.3, 0.4) is 0 Å². The molecule has 1 heterocycles. The summed E-state index contributed by atoms with van der Waals surface area (Å²) in [5, 5.41) is 4.26. The Bertz CT molecular complexity index is 406. The summed E-state index contributed by atoms with van der Waals surface area (Å²) in [5.74, 6) is 0.256.